The Balaban J connectivity index is 1.57. The largest absolute Gasteiger partial charge is 0.503 e. The molecule has 2 N–H and O–H groups in total. The molecule has 1 heterocycles. The molecule has 0 fully saturated rings. The molecule has 0 aliphatic rings. The molecule has 1 aromatic heterocycles. The molecule has 30 heavy (non-hydrogen) atoms. The van der Waals surface area contributed by atoms with Gasteiger partial charge in [-0.05, 0) is 57.9 Å². The molecular formula is C19H17BrClN5O3S. The second-order valence-corrected chi connectivity index (χ2v) is 8.24. The van der Waals surface area contributed by atoms with Gasteiger partial charge in [-0.3, -0.25) is 4.79 Å². The molecule has 2 aromatic carbocycles. The zero-order valence-electron chi connectivity index (χ0n) is 16.0. The topological polar surface area (TPSA) is 102 Å². The molecule has 0 unspecified atom stereocenters. The van der Waals surface area contributed by atoms with Crippen molar-refractivity contribution in [3.8, 4) is 22.9 Å². The van der Waals surface area contributed by atoms with Gasteiger partial charge in [0.15, 0.2) is 22.5 Å². The van der Waals surface area contributed by atoms with Crippen LogP contribution in [-0.4, -0.2) is 44.9 Å². The number of hydrogen-bond acceptors (Lipinski definition) is 7. The number of halogens is 2. The number of hydrogen-bond donors (Lipinski definition) is 2. The van der Waals surface area contributed by atoms with E-state index in [2.05, 4.69) is 36.7 Å². The number of aromatic nitrogens is 3. The highest BCUT2D eigenvalue weighted by Gasteiger charge is 2.13. The summed E-state index contributed by atoms with van der Waals surface area (Å²) in [4.78, 5) is 12.1. The number of nitrogens with zero attached hydrogens (tertiary/aromatic N) is 4. The van der Waals surface area contributed by atoms with Crippen LogP contribution in [0.15, 0.2) is 51.1 Å². The van der Waals surface area contributed by atoms with E-state index < -0.39 is 0 Å². The summed E-state index contributed by atoms with van der Waals surface area (Å²) in [6.07, 6.45) is 1.45. The lowest BCUT2D eigenvalue weighted by atomic mass is 10.2. The number of benzene rings is 2. The quantitative estimate of drug-likeness (QED) is 0.284. The van der Waals surface area contributed by atoms with E-state index in [1.54, 1.807) is 24.3 Å². The summed E-state index contributed by atoms with van der Waals surface area (Å²) in [6.45, 7) is 0. The number of ether oxygens (including phenoxy) is 1. The summed E-state index contributed by atoms with van der Waals surface area (Å²) in [5, 5.41) is 23.3. The number of hydrazone groups is 1. The van der Waals surface area contributed by atoms with Gasteiger partial charge in [-0.1, -0.05) is 23.4 Å². The van der Waals surface area contributed by atoms with Crippen molar-refractivity contribution in [3.63, 3.8) is 0 Å². The van der Waals surface area contributed by atoms with Gasteiger partial charge >= 0.3 is 0 Å². The summed E-state index contributed by atoms with van der Waals surface area (Å²) in [5.74, 6) is 0.798. The molecule has 0 atom stereocenters. The first kappa shape index (κ1) is 22.1. The van der Waals surface area contributed by atoms with Crippen LogP contribution in [-0.2, 0) is 11.8 Å². The van der Waals surface area contributed by atoms with Gasteiger partial charge in [0.25, 0.3) is 5.91 Å². The second-order valence-electron chi connectivity index (χ2n) is 6.01. The van der Waals surface area contributed by atoms with E-state index in [1.807, 2.05) is 23.7 Å². The lowest BCUT2D eigenvalue weighted by Gasteiger charge is -2.06. The minimum Gasteiger partial charge on any atom is -0.503 e. The van der Waals surface area contributed by atoms with Crippen LogP contribution in [0.3, 0.4) is 0 Å². The molecule has 156 valence electrons. The first-order valence-corrected chi connectivity index (χ1v) is 10.7. The number of carbonyl (C=O) groups excluding carboxylic acids is 1. The minimum atomic E-state index is -0.294. The number of aromatic hydroxyl groups is 1. The van der Waals surface area contributed by atoms with Crippen LogP contribution in [0.2, 0.25) is 5.02 Å². The lowest BCUT2D eigenvalue weighted by molar-refractivity contribution is -0.118. The molecule has 0 aliphatic carbocycles. The van der Waals surface area contributed by atoms with E-state index >= 15 is 0 Å². The van der Waals surface area contributed by atoms with Gasteiger partial charge in [0.1, 0.15) is 0 Å². The number of thioether (sulfide) groups is 1. The van der Waals surface area contributed by atoms with Crippen LogP contribution < -0.4 is 10.2 Å². The third-order valence-corrected chi connectivity index (χ3v) is 5.82. The van der Waals surface area contributed by atoms with Gasteiger partial charge in [0, 0.05) is 17.6 Å². The molecule has 0 aliphatic heterocycles. The zero-order valence-corrected chi connectivity index (χ0v) is 19.1. The minimum absolute atomic E-state index is 0.00303. The first-order chi connectivity index (χ1) is 14.4. The molecule has 0 bridgehead atoms. The number of carbonyl (C=O) groups is 1. The highest BCUT2D eigenvalue weighted by molar-refractivity contribution is 9.10. The lowest BCUT2D eigenvalue weighted by Crippen LogP contribution is -2.19. The average molecular weight is 511 g/mol. The Morgan fingerprint density at radius 1 is 1.37 bits per heavy atom. The maximum absolute atomic E-state index is 12.1. The fourth-order valence-electron chi connectivity index (χ4n) is 2.46. The fraction of sp³-hybridized carbons (Fsp3) is 0.158. The van der Waals surface area contributed by atoms with Gasteiger partial charge in [-0.15, -0.1) is 10.2 Å². The second kappa shape index (κ2) is 9.96. The molecule has 0 radical (unpaired) electrons. The normalized spacial score (nSPS) is 11.1. The van der Waals surface area contributed by atoms with Crippen LogP contribution in [0.25, 0.3) is 11.4 Å². The van der Waals surface area contributed by atoms with Crippen LogP contribution in [0.5, 0.6) is 11.5 Å². The Morgan fingerprint density at radius 2 is 2.10 bits per heavy atom. The molecule has 1 amide bonds. The van der Waals surface area contributed by atoms with Crippen molar-refractivity contribution in [2.45, 2.75) is 5.16 Å². The van der Waals surface area contributed by atoms with Crippen molar-refractivity contribution in [1.82, 2.24) is 20.2 Å². The fourth-order valence-corrected chi connectivity index (χ4v) is 3.75. The molecule has 0 saturated carbocycles. The third-order valence-electron chi connectivity index (χ3n) is 3.94. The molecule has 3 rings (SSSR count). The molecule has 0 spiro atoms. The average Bonchev–Trinajstić information content (AvgIpc) is 3.10. The van der Waals surface area contributed by atoms with Crippen molar-refractivity contribution in [2.75, 3.05) is 12.9 Å². The van der Waals surface area contributed by atoms with Crippen molar-refractivity contribution in [1.29, 1.82) is 0 Å². The predicted molar refractivity (Wildman–Crippen MR) is 120 cm³/mol. The Hall–Kier alpha value is -2.56. The molecular weight excluding hydrogens is 494 g/mol. The number of nitrogens with one attached hydrogen (secondary N) is 1. The van der Waals surface area contributed by atoms with Gasteiger partial charge < -0.3 is 14.4 Å². The van der Waals surface area contributed by atoms with E-state index in [-0.39, 0.29) is 17.4 Å². The Kier molecular flexibility index (Phi) is 7.35. The van der Waals surface area contributed by atoms with E-state index in [4.69, 9.17) is 16.3 Å². The van der Waals surface area contributed by atoms with Gasteiger partial charge in [0.05, 0.1) is 23.5 Å². The summed E-state index contributed by atoms with van der Waals surface area (Å²) < 4.78 is 7.35. The van der Waals surface area contributed by atoms with Crippen molar-refractivity contribution < 1.29 is 14.6 Å². The maximum atomic E-state index is 12.1. The Bertz CT molecular complexity index is 1090. The summed E-state index contributed by atoms with van der Waals surface area (Å²) in [5.41, 5.74) is 3.98. The van der Waals surface area contributed by atoms with E-state index in [0.717, 1.165) is 5.56 Å². The SMILES string of the molecule is COc1cc(C=NNC(=O)CSc2nnc(-c3ccc(Cl)cc3)n2C)cc(Br)c1O. The van der Waals surface area contributed by atoms with Crippen LogP contribution in [0, 0.1) is 0 Å². The highest BCUT2D eigenvalue weighted by Crippen LogP contribution is 2.34. The van der Waals surface area contributed by atoms with Crippen LogP contribution in [0.1, 0.15) is 5.56 Å². The number of methoxy groups -OCH3 is 1. The van der Waals surface area contributed by atoms with Gasteiger partial charge in [0.2, 0.25) is 0 Å². The molecule has 8 nitrogen and oxygen atoms in total. The van der Waals surface area contributed by atoms with Crippen LogP contribution in [0.4, 0.5) is 0 Å². The predicted octanol–water partition coefficient (Wildman–Crippen LogP) is 3.85. The monoisotopic (exact) mass is 509 g/mol. The van der Waals surface area contributed by atoms with E-state index in [0.29, 0.717) is 31.8 Å². The summed E-state index contributed by atoms with van der Waals surface area (Å²) in [6, 6.07) is 10.5. The molecule has 11 heteroatoms. The van der Waals surface area contributed by atoms with Crippen molar-refractivity contribution >= 4 is 51.4 Å². The molecule has 3 aromatic rings. The van der Waals surface area contributed by atoms with Crippen molar-refractivity contribution in [3.05, 3.63) is 51.5 Å². The van der Waals surface area contributed by atoms with E-state index in [9.17, 15) is 9.90 Å². The summed E-state index contributed by atoms with van der Waals surface area (Å²) >= 11 is 10.4. The van der Waals surface area contributed by atoms with Crippen molar-refractivity contribution in [2.24, 2.45) is 12.1 Å². The van der Waals surface area contributed by atoms with Gasteiger partial charge in [-0.2, -0.15) is 5.10 Å². The van der Waals surface area contributed by atoms with Gasteiger partial charge in [-0.25, -0.2) is 5.43 Å². The number of phenols is 1. The molecule has 0 saturated heterocycles. The van der Waals surface area contributed by atoms with E-state index in [1.165, 1.54) is 25.1 Å². The first-order valence-electron chi connectivity index (χ1n) is 8.55. The number of phenolic OH excluding ortho intramolecular Hbond substituents is 1. The maximum Gasteiger partial charge on any atom is 0.250 e. The number of rotatable bonds is 7. The third kappa shape index (κ3) is 5.32. The smallest absolute Gasteiger partial charge is 0.250 e. The highest BCUT2D eigenvalue weighted by atomic mass is 79.9. The Labute approximate surface area is 190 Å². The Morgan fingerprint density at radius 3 is 2.80 bits per heavy atom. The standard InChI is InChI=1S/C19H17BrClN5O3S/c1-26-18(12-3-5-13(21)6-4-12)24-25-19(26)30-10-16(27)23-22-9-11-7-14(20)17(28)15(8-11)29-2/h3-9,28H,10H2,1-2H3,(H,23,27). The summed E-state index contributed by atoms with van der Waals surface area (Å²) in [7, 11) is 3.28. The van der Waals surface area contributed by atoms with Crippen LogP contribution >= 0.6 is 39.3 Å². The zero-order chi connectivity index (χ0) is 21.7. The number of amides is 1.